The third kappa shape index (κ3) is 1.34. The maximum atomic E-state index is 11.2. The molecule has 2 aliphatic rings. The number of aliphatic carboxylic acids is 1. The Morgan fingerprint density at radius 1 is 1.38 bits per heavy atom. The van der Waals surface area contributed by atoms with Gasteiger partial charge in [0, 0.05) is 19.1 Å². The van der Waals surface area contributed by atoms with E-state index in [0.29, 0.717) is 32.8 Å². The first-order chi connectivity index (χ1) is 6.26. The van der Waals surface area contributed by atoms with Crippen molar-refractivity contribution in [3.05, 3.63) is 0 Å². The molecule has 2 saturated heterocycles. The normalized spacial score (nSPS) is 39.5. The summed E-state index contributed by atoms with van der Waals surface area (Å²) in [7, 11) is 0. The van der Waals surface area contributed by atoms with Gasteiger partial charge in [0.2, 0.25) is 0 Å². The largest absolute Gasteiger partial charge is 0.481 e. The van der Waals surface area contributed by atoms with Gasteiger partial charge in [-0.1, -0.05) is 0 Å². The van der Waals surface area contributed by atoms with Gasteiger partial charge in [-0.2, -0.15) is 0 Å². The van der Waals surface area contributed by atoms with Crippen molar-refractivity contribution in [2.45, 2.75) is 12.8 Å². The Morgan fingerprint density at radius 2 is 2.23 bits per heavy atom. The molecule has 0 radical (unpaired) electrons. The first-order valence-electron chi connectivity index (χ1n) is 4.64. The number of ether oxygens (including phenoxy) is 2. The molecule has 2 heterocycles. The second-order valence-corrected chi connectivity index (χ2v) is 3.82. The van der Waals surface area contributed by atoms with E-state index in [1.807, 2.05) is 0 Å². The molecule has 2 rings (SSSR count). The lowest BCUT2D eigenvalue weighted by atomic mass is 9.74. The maximum absolute atomic E-state index is 11.2. The van der Waals surface area contributed by atoms with Crippen LogP contribution in [0.25, 0.3) is 0 Å². The molecule has 13 heavy (non-hydrogen) atoms. The van der Waals surface area contributed by atoms with Crippen LogP contribution in [-0.2, 0) is 14.3 Å². The van der Waals surface area contributed by atoms with Gasteiger partial charge in [-0.25, -0.2) is 0 Å². The van der Waals surface area contributed by atoms with Crippen LogP contribution in [0.4, 0.5) is 0 Å². The Balaban J connectivity index is 2.16. The lowest BCUT2D eigenvalue weighted by Crippen LogP contribution is -2.39. The zero-order valence-electron chi connectivity index (χ0n) is 7.49. The summed E-state index contributed by atoms with van der Waals surface area (Å²) >= 11 is 0. The second kappa shape index (κ2) is 3.27. The summed E-state index contributed by atoms with van der Waals surface area (Å²) in [5.41, 5.74) is -0.656. The Morgan fingerprint density at radius 3 is 2.69 bits per heavy atom. The molecule has 2 atom stereocenters. The van der Waals surface area contributed by atoms with Crippen molar-refractivity contribution < 1.29 is 19.4 Å². The molecule has 74 valence electrons. The number of carboxylic acid groups (broad SMARTS) is 1. The summed E-state index contributed by atoms with van der Waals surface area (Å²) in [6.45, 7) is 2.20. The van der Waals surface area contributed by atoms with Crippen LogP contribution in [0.15, 0.2) is 0 Å². The SMILES string of the molecule is O=C(O)C1(C2CCOC2)CCOC1. The summed E-state index contributed by atoms with van der Waals surface area (Å²) in [6.07, 6.45) is 1.49. The maximum Gasteiger partial charge on any atom is 0.312 e. The van der Waals surface area contributed by atoms with Gasteiger partial charge in [0.25, 0.3) is 0 Å². The fourth-order valence-corrected chi connectivity index (χ4v) is 2.22. The lowest BCUT2D eigenvalue weighted by molar-refractivity contribution is -0.152. The van der Waals surface area contributed by atoms with E-state index in [9.17, 15) is 9.90 Å². The van der Waals surface area contributed by atoms with Crippen LogP contribution in [0.5, 0.6) is 0 Å². The van der Waals surface area contributed by atoms with E-state index in [4.69, 9.17) is 9.47 Å². The van der Waals surface area contributed by atoms with Gasteiger partial charge in [0.15, 0.2) is 0 Å². The van der Waals surface area contributed by atoms with Crippen LogP contribution in [0.2, 0.25) is 0 Å². The molecule has 4 nitrogen and oxygen atoms in total. The van der Waals surface area contributed by atoms with E-state index in [1.165, 1.54) is 0 Å². The molecule has 0 aromatic rings. The monoisotopic (exact) mass is 186 g/mol. The smallest absolute Gasteiger partial charge is 0.312 e. The summed E-state index contributed by atoms with van der Waals surface area (Å²) in [6, 6.07) is 0. The van der Waals surface area contributed by atoms with Crippen LogP contribution < -0.4 is 0 Å². The second-order valence-electron chi connectivity index (χ2n) is 3.82. The van der Waals surface area contributed by atoms with Gasteiger partial charge >= 0.3 is 5.97 Å². The molecule has 2 aliphatic heterocycles. The highest BCUT2D eigenvalue weighted by molar-refractivity contribution is 5.75. The van der Waals surface area contributed by atoms with Gasteiger partial charge in [0.1, 0.15) is 0 Å². The molecule has 2 fully saturated rings. The fraction of sp³-hybridized carbons (Fsp3) is 0.889. The van der Waals surface area contributed by atoms with Gasteiger partial charge < -0.3 is 14.6 Å². The molecular formula is C9H14O4. The van der Waals surface area contributed by atoms with Crippen molar-refractivity contribution in [2.75, 3.05) is 26.4 Å². The molecule has 4 heteroatoms. The first-order valence-corrected chi connectivity index (χ1v) is 4.64. The Hall–Kier alpha value is -0.610. The van der Waals surface area contributed by atoms with Crippen molar-refractivity contribution in [1.29, 1.82) is 0 Å². The van der Waals surface area contributed by atoms with E-state index in [2.05, 4.69) is 0 Å². The zero-order chi connectivity index (χ0) is 9.31. The van der Waals surface area contributed by atoms with E-state index in [1.54, 1.807) is 0 Å². The minimum absolute atomic E-state index is 0.146. The molecule has 0 amide bonds. The summed E-state index contributed by atoms with van der Waals surface area (Å²) in [5.74, 6) is -0.576. The quantitative estimate of drug-likeness (QED) is 0.682. The van der Waals surface area contributed by atoms with E-state index >= 15 is 0 Å². The van der Waals surface area contributed by atoms with Crippen LogP contribution >= 0.6 is 0 Å². The fourth-order valence-electron chi connectivity index (χ4n) is 2.22. The molecule has 0 aromatic carbocycles. The minimum atomic E-state index is -0.722. The van der Waals surface area contributed by atoms with Crippen molar-refractivity contribution in [2.24, 2.45) is 11.3 Å². The highest BCUT2D eigenvalue weighted by Gasteiger charge is 2.50. The number of rotatable bonds is 2. The summed E-state index contributed by atoms with van der Waals surface area (Å²) < 4.78 is 10.4. The predicted octanol–water partition coefficient (Wildman–Crippen LogP) is 0.514. The van der Waals surface area contributed by atoms with Gasteiger partial charge in [-0.15, -0.1) is 0 Å². The number of carboxylic acids is 1. The molecule has 2 unspecified atom stereocenters. The standard InChI is InChI=1S/C9H14O4/c10-8(11)9(2-4-13-6-9)7-1-3-12-5-7/h7H,1-6H2,(H,10,11). The topological polar surface area (TPSA) is 55.8 Å². The lowest BCUT2D eigenvalue weighted by Gasteiger charge is -2.27. The number of hydrogen-bond donors (Lipinski definition) is 1. The Kier molecular flexibility index (Phi) is 2.26. The van der Waals surface area contributed by atoms with E-state index < -0.39 is 11.4 Å². The third-order valence-electron chi connectivity index (χ3n) is 3.19. The van der Waals surface area contributed by atoms with Gasteiger partial charge in [0.05, 0.1) is 18.6 Å². The Bertz CT molecular complexity index is 202. The molecule has 1 N–H and O–H groups in total. The van der Waals surface area contributed by atoms with Crippen molar-refractivity contribution in [3.63, 3.8) is 0 Å². The van der Waals surface area contributed by atoms with Gasteiger partial charge in [-0.3, -0.25) is 4.79 Å². The highest BCUT2D eigenvalue weighted by atomic mass is 16.5. The zero-order valence-corrected chi connectivity index (χ0v) is 7.49. The minimum Gasteiger partial charge on any atom is -0.481 e. The molecule has 0 aromatic heterocycles. The van der Waals surface area contributed by atoms with Crippen molar-refractivity contribution in [3.8, 4) is 0 Å². The van der Waals surface area contributed by atoms with E-state index in [-0.39, 0.29) is 5.92 Å². The van der Waals surface area contributed by atoms with Crippen LogP contribution in [0.3, 0.4) is 0 Å². The molecule has 0 aliphatic carbocycles. The number of hydrogen-bond acceptors (Lipinski definition) is 3. The average molecular weight is 186 g/mol. The average Bonchev–Trinajstić information content (AvgIpc) is 2.75. The van der Waals surface area contributed by atoms with Gasteiger partial charge in [-0.05, 0) is 12.8 Å². The van der Waals surface area contributed by atoms with Crippen LogP contribution in [0, 0.1) is 11.3 Å². The first kappa shape index (κ1) is 8.97. The van der Waals surface area contributed by atoms with Crippen LogP contribution in [-0.4, -0.2) is 37.5 Å². The highest BCUT2D eigenvalue weighted by Crippen LogP contribution is 2.41. The van der Waals surface area contributed by atoms with E-state index in [0.717, 1.165) is 6.42 Å². The van der Waals surface area contributed by atoms with Crippen molar-refractivity contribution in [1.82, 2.24) is 0 Å². The number of carbonyl (C=O) groups is 1. The summed E-state index contributed by atoms with van der Waals surface area (Å²) in [4.78, 5) is 11.2. The third-order valence-corrected chi connectivity index (χ3v) is 3.19. The predicted molar refractivity (Wildman–Crippen MR) is 44.4 cm³/mol. The molecular weight excluding hydrogens is 172 g/mol. The molecule has 0 spiro atoms. The molecule has 0 bridgehead atoms. The Labute approximate surface area is 76.8 Å². The van der Waals surface area contributed by atoms with Crippen molar-refractivity contribution >= 4 is 5.97 Å². The summed E-state index contributed by atoms with van der Waals surface area (Å²) in [5, 5.41) is 9.19. The molecule has 0 saturated carbocycles. The van der Waals surface area contributed by atoms with Crippen LogP contribution in [0.1, 0.15) is 12.8 Å².